The molecule has 1 saturated heterocycles. The molecule has 4 bridgehead atoms. The Morgan fingerprint density at radius 3 is 2.66 bits per heavy atom. The van der Waals surface area contributed by atoms with Gasteiger partial charge in [0, 0.05) is 24.9 Å². The number of nitrogens with two attached hydrogens (primary N) is 1. The number of rotatable bonds is 7. The molecule has 3 N–H and O–H groups in total. The SMILES string of the molecule is CN(C)[C@@H](Cc1ncc[nH]1)C(=O)OC12CC3CC(C1)CC([C@H](N)C(=O)N1[C@H](C#N)C[C@@H]4C[C@@H]41)(C3)C2. The molecule has 0 radical (unpaired) electrons. The number of aromatic amines is 1. The number of hydrogen-bond donors (Lipinski definition) is 2. The number of esters is 1. The molecular formula is C26H36N6O3. The minimum absolute atomic E-state index is 0.0611. The zero-order chi connectivity index (χ0) is 24.5. The maximum absolute atomic E-state index is 13.7. The van der Waals surface area contributed by atoms with Crippen LogP contribution in [0.1, 0.15) is 57.2 Å². The van der Waals surface area contributed by atoms with Gasteiger partial charge in [0.2, 0.25) is 5.91 Å². The maximum Gasteiger partial charge on any atom is 0.324 e. The van der Waals surface area contributed by atoms with Crippen molar-refractivity contribution in [2.45, 2.75) is 87.6 Å². The average Bonchev–Trinajstić information content (AvgIpc) is 3.19. The number of fused-ring (bicyclic) bond motifs is 1. The number of hydrogen-bond acceptors (Lipinski definition) is 7. The van der Waals surface area contributed by atoms with Crippen molar-refractivity contribution in [3.8, 4) is 6.07 Å². The van der Waals surface area contributed by atoms with E-state index in [0.29, 0.717) is 30.6 Å². The third-order valence-electron chi connectivity index (χ3n) is 9.64. The van der Waals surface area contributed by atoms with Gasteiger partial charge < -0.3 is 20.4 Å². The fraction of sp³-hybridized carbons (Fsp3) is 0.769. The van der Waals surface area contributed by atoms with Gasteiger partial charge in [-0.05, 0) is 88.6 Å². The molecule has 1 amide bonds. The van der Waals surface area contributed by atoms with E-state index in [-0.39, 0.29) is 29.4 Å². The Bertz CT molecular complexity index is 1030. The molecule has 0 spiro atoms. The summed E-state index contributed by atoms with van der Waals surface area (Å²) in [5.74, 6) is 1.78. The van der Waals surface area contributed by atoms with Gasteiger partial charge in [-0.1, -0.05) is 0 Å². The summed E-state index contributed by atoms with van der Waals surface area (Å²) in [6.45, 7) is 0. The molecule has 9 heteroatoms. The van der Waals surface area contributed by atoms with Crippen LogP contribution in [0.15, 0.2) is 12.4 Å². The molecule has 9 nitrogen and oxygen atoms in total. The van der Waals surface area contributed by atoms with Crippen LogP contribution in [0.25, 0.3) is 0 Å². The second-order valence-electron chi connectivity index (χ2n) is 12.3. The number of likely N-dealkylation sites (tertiary alicyclic amines) is 1. The Labute approximate surface area is 206 Å². The lowest BCUT2D eigenvalue weighted by Gasteiger charge is -2.62. The molecule has 7 atom stereocenters. The molecule has 2 unspecified atom stereocenters. The van der Waals surface area contributed by atoms with Crippen molar-refractivity contribution >= 4 is 11.9 Å². The molecule has 5 aliphatic carbocycles. The average molecular weight is 481 g/mol. The zero-order valence-corrected chi connectivity index (χ0v) is 20.7. The largest absolute Gasteiger partial charge is 0.458 e. The summed E-state index contributed by atoms with van der Waals surface area (Å²) in [4.78, 5) is 38.3. The van der Waals surface area contributed by atoms with Gasteiger partial charge in [0.25, 0.3) is 0 Å². The van der Waals surface area contributed by atoms with Crippen molar-refractivity contribution < 1.29 is 14.3 Å². The number of nitrogens with zero attached hydrogens (tertiary/aromatic N) is 4. The summed E-state index contributed by atoms with van der Waals surface area (Å²) >= 11 is 0. The maximum atomic E-state index is 13.7. The highest BCUT2D eigenvalue weighted by Crippen LogP contribution is 2.64. The Morgan fingerprint density at radius 1 is 1.29 bits per heavy atom. The molecule has 35 heavy (non-hydrogen) atoms. The second-order valence-corrected chi connectivity index (χ2v) is 12.3. The number of nitrogens with one attached hydrogen (secondary N) is 1. The highest BCUT2D eigenvalue weighted by atomic mass is 16.6. The first-order chi connectivity index (χ1) is 16.7. The number of carbonyl (C=O) groups is 2. The lowest BCUT2D eigenvalue weighted by Crippen LogP contribution is -2.66. The number of amides is 1. The minimum atomic E-state index is -0.644. The van der Waals surface area contributed by atoms with E-state index in [9.17, 15) is 14.9 Å². The van der Waals surface area contributed by atoms with Gasteiger partial charge in [-0.2, -0.15) is 5.26 Å². The smallest absolute Gasteiger partial charge is 0.324 e. The van der Waals surface area contributed by atoms with Crippen LogP contribution in [-0.4, -0.2) is 75.5 Å². The molecular weight excluding hydrogens is 444 g/mol. The van der Waals surface area contributed by atoms with Gasteiger partial charge in [-0.3, -0.25) is 14.5 Å². The molecule has 0 aromatic carbocycles. The number of likely N-dealkylation sites (N-methyl/N-ethyl adjacent to an activating group) is 1. The van der Waals surface area contributed by atoms with E-state index in [1.54, 1.807) is 17.3 Å². The molecule has 1 aromatic rings. The lowest BCUT2D eigenvalue weighted by atomic mass is 9.46. The van der Waals surface area contributed by atoms with Gasteiger partial charge in [-0.25, -0.2) is 4.98 Å². The van der Waals surface area contributed by atoms with Gasteiger partial charge in [0.15, 0.2) is 0 Å². The fourth-order valence-electron chi connectivity index (χ4n) is 8.39. The summed E-state index contributed by atoms with van der Waals surface area (Å²) in [6.07, 6.45) is 11.0. The van der Waals surface area contributed by atoms with Crippen LogP contribution in [-0.2, 0) is 20.7 Å². The van der Waals surface area contributed by atoms with E-state index in [4.69, 9.17) is 10.5 Å². The van der Waals surface area contributed by atoms with E-state index in [1.807, 2.05) is 19.0 Å². The van der Waals surface area contributed by atoms with Crippen LogP contribution >= 0.6 is 0 Å². The predicted octanol–water partition coefficient (Wildman–Crippen LogP) is 1.60. The van der Waals surface area contributed by atoms with Crippen molar-refractivity contribution in [3.05, 3.63) is 18.2 Å². The highest BCUT2D eigenvalue weighted by Gasteiger charge is 2.64. The second kappa shape index (κ2) is 8.04. The molecule has 7 rings (SSSR count). The van der Waals surface area contributed by atoms with Crippen LogP contribution in [0, 0.1) is 34.5 Å². The van der Waals surface area contributed by atoms with Gasteiger partial charge >= 0.3 is 5.97 Å². The monoisotopic (exact) mass is 480 g/mol. The molecule has 1 aliphatic heterocycles. The molecule has 1 aromatic heterocycles. The van der Waals surface area contributed by atoms with Crippen molar-refractivity contribution in [2.75, 3.05) is 14.1 Å². The number of H-pyrrole nitrogens is 1. The van der Waals surface area contributed by atoms with Crippen LogP contribution in [0.5, 0.6) is 0 Å². The van der Waals surface area contributed by atoms with E-state index in [2.05, 4.69) is 16.0 Å². The first-order valence-corrected chi connectivity index (χ1v) is 13.1. The quantitative estimate of drug-likeness (QED) is 0.567. The number of piperidine rings is 1. The Morgan fingerprint density at radius 2 is 2.03 bits per heavy atom. The highest BCUT2D eigenvalue weighted by molar-refractivity contribution is 5.84. The van der Waals surface area contributed by atoms with Gasteiger partial charge in [-0.15, -0.1) is 0 Å². The van der Waals surface area contributed by atoms with Crippen LogP contribution in [0.4, 0.5) is 0 Å². The van der Waals surface area contributed by atoms with Crippen molar-refractivity contribution in [2.24, 2.45) is 28.9 Å². The lowest BCUT2D eigenvalue weighted by molar-refractivity contribution is -0.209. The summed E-state index contributed by atoms with van der Waals surface area (Å²) < 4.78 is 6.42. The first kappa shape index (κ1) is 23.0. The van der Waals surface area contributed by atoms with E-state index >= 15 is 0 Å². The molecule has 188 valence electrons. The zero-order valence-electron chi connectivity index (χ0n) is 20.7. The predicted molar refractivity (Wildman–Crippen MR) is 126 cm³/mol. The number of ether oxygens (including phenoxy) is 1. The number of aromatic nitrogens is 2. The normalized spacial score (nSPS) is 40.3. The van der Waals surface area contributed by atoms with E-state index < -0.39 is 17.7 Å². The summed E-state index contributed by atoms with van der Waals surface area (Å²) in [6, 6.07) is 1.09. The summed E-state index contributed by atoms with van der Waals surface area (Å²) in [5.41, 5.74) is 5.90. The first-order valence-electron chi connectivity index (χ1n) is 13.1. The summed E-state index contributed by atoms with van der Waals surface area (Å²) in [5, 5.41) is 9.62. The van der Waals surface area contributed by atoms with E-state index in [0.717, 1.165) is 50.8 Å². The fourth-order valence-corrected chi connectivity index (χ4v) is 8.39. The summed E-state index contributed by atoms with van der Waals surface area (Å²) in [7, 11) is 3.77. The number of carbonyl (C=O) groups excluding carboxylic acids is 2. The van der Waals surface area contributed by atoms with Crippen molar-refractivity contribution in [3.63, 3.8) is 0 Å². The Hall–Kier alpha value is -2.44. The number of imidazole rings is 1. The third-order valence-corrected chi connectivity index (χ3v) is 9.64. The minimum Gasteiger partial charge on any atom is -0.458 e. The van der Waals surface area contributed by atoms with Crippen LogP contribution in [0.2, 0.25) is 0 Å². The molecule has 5 saturated carbocycles. The standard InChI is InChI=1S/C26H36N6O3/c1-31(2)20(8-21-29-3-4-30-21)24(34)35-26-11-15-5-16(12-26)10-25(9-15,14-26)22(28)23(33)32-18(13-27)6-17-7-19(17)32/h3-4,15-20,22H,5-12,14,28H2,1-2H3,(H,29,30)/t15?,16?,17-,18+,19+,20+,22-,25?,26?/m1/s1. The number of nitriles is 1. The third kappa shape index (κ3) is 3.77. The molecule has 2 heterocycles. The van der Waals surface area contributed by atoms with Gasteiger partial charge in [0.05, 0.1) is 12.1 Å². The molecule has 6 fully saturated rings. The Balaban J connectivity index is 1.22. The van der Waals surface area contributed by atoms with Crippen molar-refractivity contribution in [1.29, 1.82) is 5.26 Å². The topological polar surface area (TPSA) is 128 Å². The van der Waals surface area contributed by atoms with E-state index in [1.165, 1.54) is 0 Å². The van der Waals surface area contributed by atoms with Gasteiger partial charge in [0.1, 0.15) is 23.5 Å². The van der Waals surface area contributed by atoms with Crippen molar-refractivity contribution in [1.82, 2.24) is 19.8 Å². The van der Waals surface area contributed by atoms with Crippen LogP contribution < -0.4 is 5.73 Å². The molecule has 6 aliphatic rings. The van der Waals surface area contributed by atoms with Crippen LogP contribution in [0.3, 0.4) is 0 Å². The Kier molecular flexibility index (Phi) is 5.28.